The number of hydrogen-bond acceptors (Lipinski definition) is 4. The Morgan fingerprint density at radius 3 is 2.42 bits per heavy atom. The fourth-order valence-electron chi connectivity index (χ4n) is 2.33. The predicted octanol–water partition coefficient (Wildman–Crippen LogP) is 5.21. The van der Waals surface area contributed by atoms with E-state index in [9.17, 15) is 9.59 Å². The standard InChI is InChI=1S/C17H17Cl2NO3S/c1-9(2)20(14-7-10(3)24-15(14)17(22)23-4)16(21)12-6-5-11(18)8-13(12)19/h5-9H,1-4H3. The SMILES string of the molecule is COC(=O)c1sc(C)cc1N(C(=O)c1ccc(Cl)cc1Cl)C(C)C. The number of methoxy groups -OCH3 is 1. The maximum absolute atomic E-state index is 13.0. The number of anilines is 1. The molecule has 128 valence electrons. The Hall–Kier alpha value is -1.56. The molecule has 0 aliphatic rings. The molecule has 0 atom stereocenters. The van der Waals surface area contributed by atoms with Crippen LogP contribution in [0.25, 0.3) is 0 Å². The number of ether oxygens (including phenoxy) is 1. The molecular weight excluding hydrogens is 369 g/mol. The van der Waals surface area contributed by atoms with Gasteiger partial charge in [-0.05, 0) is 45.0 Å². The molecule has 2 aromatic rings. The Morgan fingerprint density at radius 2 is 1.88 bits per heavy atom. The monoisotopic (exact) mass is 385 g/mol. The van der Waals surface area contributed by atoms with E-state index in [2.05, 4.69) is 0 Å². The van der Waals surface area contributed by atoms with E-state index in [4.69, 9.17) is 27.9 Å². The van der Waals surface area contributed by atoms with Crippen LogP contribution >= 0.6 is 34.5 Å². The van der Waals surface area contributed by atoms with Crippen LogP contribution in [0.1, 0.15) is 38.8 Å². The van der Waals surface area contributed by atoms with Crippen molar-refractivity contribution in [3.05, 3.63) is 49.6 Å². The van der Waals surface area contributed by atoms with Gasteiger partial charge in [0.1, 0.15) is 4.88 Å². The van der Waals surface area contributed by atoms with Crippen molar-refractivity contribution in [2.24, 2.45) is 0 Å². The van der Waals surface area contributed by atoms with Crippen LogP contribution in [0.15, 0.2) is 24.3 Å². The van der Waals surface area contributed by atoms with Crippen LogP contribution in [0, 0.1) is 6.92 Å². The third-order valence-electron chi connectivity index (χ3n) is 3.36. The molecule has 0 fully saturated rings. The first-order valence-corrected chi connectivity index (χ1v) is 8.80. The summed E-state index contributed by atoms with van der Waals surface area (Å²) in [5, 5.41) is 0.721. The number of rotatable bonds is 4. The molecular formula is C17H17Cl2NO3S. The first kappa shape index (κ1) is 18.8. The van der Waals surface area contributed by atoms with Crippen LogP contribution in [0.3, 0.4) is 0 Å². The molecule has 0 aliphatic heterocycles. The molecule has 7 heteroatoms. The van der Waals surface area contributed by atoms with E-state index in [1.54, 1.807) is 23.1 Å². The van der Waals surface area contributed by atoms with Gasteiger partial charge in [-0.15, -0.1) is 11.3 Å². The highest BCUT2D eigenvalue weighted by Crippen LogP contribution is 2.34. The van der Waals surface area contributed by atoms with Crippen LogP contribution in [-0.2, 0) is 4.74 Å². The van der Waals surface area contributed by atoms with Gasteiger partial charge in [0.2, 0.25) is 0 Å². The van der Waals surface area contributed by atoms with Gasteiger partial charge in [-0.25, -0.2) is 4.79 Å². The second-order valence-corrected chi connectivity index (χ2v) is 7.56. The van der Waals surface area contributed by atoms with E-state index >= 15 is 0 Å². The van der Waals surface area contributed by atoms with E-state index in [1.807, 2.05) is 20.8 Å². The molecule has 1 aromatic carbocycles. The number of thiophene rings is 1. The summed E-state index contributed by atoms with van der Waals surface area (Å²) < 4.78 is 4.84. The third kappa shape index (κ3) is 3.74. The van der Waals surface area contributed by atoms with Crippen molar-refractivity contribution in [2.45, 2.75) is 26.8 Å². The van der Waals surface area contributed by atoms with E-state index in [-0.39, 0.29) is 17.0 Å². The number of aryl methyl sites for hydroxylation is 1. The lowest BCUT2D eigenvalue weighted by atomic mass is 10.1. The molecule has 0 saturated heterocycles. The second-order valence-electron chi connectivity index (χ2n) is 5.46. The van der Waals surface area contributed by atoms with Gasteiger partial charge in [0.05, 0.1) is 23.4 Å². The maximum atomic E-state index is 13.0. The topological polar surface area (TPSA) is 46.6 Å². The summed E-state index contributed by atoms with van der Waals surface area (Å²) in [7, 11) is 1.32. The second kappa shape index (κ2) is 7.55. The van der Waals surface area contributed by atoms with Crippen molar-refractivity contribution in [1.82, 2.24) is 0 Å². The molecule has 0 aliphatic carbocycles. The highest BCUT2D eigenvalue weighted by molar-refractivity contribution is 7.14. The van der Waals surface area contributed by atoms with E-state index in [0.29, 0.717) is 21.2 Å². The lowest BCUT2D eigenvalue weighted by Crippen LogP contribution is -2.37. The number of amides is 1. The normalized spacial score (nSPS) is 10.8. The smallest absolute Gasteiger partial charge is 0.350 e. The minimum Gasteiger partial charge on any atom is -0.465 e. The minimum atomic E-state index is -0.469. The summed E-state index contributed by atoms with van der Waals surface area (Å²) in [6, 6.07) is 6.34. The first-order valence-electron chi connectivity index (χ1n) is 7.23. The van der Waals surface area contributed by atoms with Crippen LogP contribution in [-0.4, -0.2) is 25.0 Å². The molecule has 24 heavy (non-hydrogen) atoms. The number of halogens is 2. The summed E-state index contributed by atoms with van der Waals surface area (Å²) in [5.41, 5.74) is 0.852. The quantitative estimate of drug-likeness (QED) is 0.678. The molecule has 0 unspecified atom stereocenters. The zero-order valence-corrected chi connectivity index (χ0v) is 16.1. The Bertz CT molecular complexity index is 786. The van der Waals surface area contributed by atoms with Gasteiger partial charge in [0, 0.05) is 15.9 Å². The van der Waals surface area contributed by atoms with Crippen molar-refractivity contribution in [1.29, 1.82) is 0 Å². The van der Waals surface area contributed by atoms with Crippen molar-refractivity contribution in [2.75, 3.05) is 12.0 Å². The van der Waals surface area contributed by atoms with Crippen LogP contribution in [0.5, 0.6) is 0 Å². The number of esters is 1. The number of carbonyl (C=O) groups is 2. The van der Waals surface area contributed by atoms with Gasteiger partial charge >= 0.3 is 5.97 Å². The molecule has 1 amide bonds. The summed E-state index contributed by atoms with van der Waals surface area (Å²) in [6.45, 7) is 5.62. The molecule has 1 aromatic heterocycles. The van der Waals surface area contributed by atoms with Gasteiger partial charge in [-0.2, -0.15) is 0 Å². The molecule has 1 heterocycles. The van der Waals surface area contributed by atoms with Gasteiger partial charge in [0.25, 0.3) is 5.91 Å². The van der Waals surface area contributed by atoms with Crippen molar-refractivity contribution >= 4 is 52.1 Å². The van der Waals surface area contributed by atoms with Gasteiger partial charge in [-0.3, -0.25) is 4.79 Å². The maximum Gasteiger partial charge on any atom is 0.350 e. The summed E-state index contributed by atoms with van der Waals surface area (Å²) in [5.74, 6) is -0.765. The summed E-state index contributed by atoms with van der Waals surface area (Å²) in [6.07, 6.45) is 0. The van der Waals surface area contributed by atoms with Crippen LogP contribution in [0.4, 0.5) is 5.69 Å². The number of nitrogens with zero attached hydrogens (tertiary/aromatic N) is 1. The molecule has 4 nitrogen and oxygen atoms in total. The average molecular weight is 386 g/mol. The lowest BCUT2D eigenvalue weighted by Gasteiger charge is -2.27. The summed E-state index contributed by atoms with van der Waals surface area (Å²) in [4.78, 5) is 27.9. The van der Waals surface area contributed by atoms with Crippen LogP contribution in [0.2, 0.25) is 10.0 Å². The van der Waals surface area contributed by atoms with Crippen molar-refractivity contribution < 1.29 is 14.3 Å². The minimum absolute atomic E-state index is 0.179. The summed E-state index contributed by atoms with van der Waals surface area (Å²) >= 11 is 13.4. The third-order valence-corrected chi connectivity index (χ3v) is 4.93. The van der Waals surface area contributed by atoms with E-state index in [1.165, 1.54) is 24.5 Å². The van der Waals surface area contributed by atoms with Crippen molar-refractivity contribution in [3.8, 4) is 0 Å². The predicted molar refractivity (Wildman–Crippen MR) is 98.8 cm³/mol. The number of benzene rings is 1. The fourth-order valence-corrected chi connectivity index (χ4v) is 3.74. The van der Waals surface area contributed by atoms with Gasteiger partial charge < -0.3 is 9.64 Å². The highest BCUT2D eigenvalue weighted by atomic mass is 35.5. The Kier molecular flexibility index (Phi) is 5.91. The fraction of sp³-hybridized carbons (Fsp3) is 0.294. The molecule has 0 N–H and O–H groups in total. The molecule has 0 spiro atoms. The van der Waals surface area contributed by atoms with E-state index in [0.717, 1.165) is 4.88 Å². The Labute approximate surface area is 154 Å². The lowest BCUT2D eigenvalue weighted by molar-refractivity contribution is 0.0607. The van der Waals surface area contributed by atoms with E-state index < -0.39 is 5.97 Å². The zero-order chi connectivity index (χ0) is 18.0. The number of hydrogen-bond donors (Lipinski definition) is 0. The zero-order valence-electron chi connectivity index (χ0n) is 13.7. The molecule has 0 radical (unpaired) electrons. The highest BCUT2D eigenvalue weighted by Gasteiger charge is 2.28. The Balaban J connectivity index is 2.55. The molecule has 0 bridgehead atoms. The largest absolute Gasteiger partial charge is 0.465 e. The number of carbonyl (C=O) groups excluding carboxylic acids is 2. The van der Waals surface area contributed by atoms with Crippen LogP contribution < -0.4 is 4.90 Å². The molecule has 2 rings (SSSR count). The van der Waals surface area contributed by atoms with Crippen molar-refractivity contribution in [3.63, 3.8) is 0 Å². The average Bonchev–Trinajstić information content (AvgIpc) is 2.87. The van der Waals surface area contributed by atoms with Gasteiger partial charge in [-0.1, -0.05) is 23.2 Å². The van der Waals surface area contributed by atoms with Gasteiger partial charge in [0.15, 0.2) is 0 Å². The molecule has 0 saturated carbocycles. The Morgan fingerprint density at radius 1 is 1.21 bits per heavy atom. The first-order chi connectivity index (χ1) is 11.3.